The average molecular weight is 1140 g/mol. The largest absolute Gasteiger partial charge is 0.342 e. The predicted molar refractivity (Wildman–Crippen MR) is 311 cm³/mol. The standard InChI is InChI=1S/2C21H20Cl2N2O.C21H22ClN2O2/c1-13(26)25-10-7-14(8-11-25)20-17-5-3-16(22)12-15(17)2-4-18-19(23)6-9-24-21(18)20;1-13(26)25-10-8-14(9-11-25)20-18-6-5-17(22)12-16(18)3-2-15-4-7-19(23)24-21(15)20;1-14(25)23-11-8-15(9-12-23)20-19-7-6-18(22)13-17(19)5-4-16-3-2-10-24(26)21(16)20/h3,5-6,9,12H,2,4,7-8,10-11H2,1H3;4-7,12H,2-3,8-11H2,1H3;2-3,6-7,10,13,26H,4-5,8-9,11-12H2,1H3/q;;+1. The molecule has 6 heterocycles. The lowest BCUT2D eigenvalue weighted by Crippen LogP contribution is -2.37. The predicted octanol–water partition coefficient (Wildman–Crippen LogP) is 13.3. The highest BCUT2D eigenvalue weighted by Gasteiger charge is 2.33. The fraction of sp³-hybridized carbons (Fsp3) is 0.333. The molecule has 3 aliphatic heterocycles. The molecule has 15 heteroatoms. The molecule has 0 radical (unpaired) electrons. The molecule has 3 aromatic heterocycles. The molecule has 1 N–H and O–H groups in total. The van der Waals surface area contributed by atoms with Crippen molar-refractivity contribution in [3.05, 3.63) is 206 Å². The van der Waals surface area contributed by atoms with Gasteiger partial charge >= 0.3 is 0 Å². The van der Waals surface area contributed by atoms with Crippen molar-refractivity contribution < 1.29 is 24.3 Å². The minimum Gasteiger partial charge on any atom is -0.342 e. The van der Waals surface area contributed by atoms with Crippen LogP contribution >= 0.6 is 58.0 Å². The van der Waals surface area contributed by atoms with Crippen LogP contribution in [0.3, 0.4) is 0 Å². The summed E-state index contributed by atoms with van der Waals surface area (Å²) >= 11 is 31.5. The highest BCUT2D eigenvalue weighted by atomic mass is 35.5. The molecule has 402 valence electrons. The van der Waals surface area contributed by atoms with Crippen molar-refractivity contribution in [3.63, 3.8) is 0 Å². The zero-order chi connectivity index (χ0) is 54.8. The van der Waals surface area contributed by atoms with Gasteiger partial charge in [0.25, 0.3) is 5.69 Å². The molecular formula is C63H62Cl5N6O4+. The fourth-order valence-electron chi connectivity index (χ4n) is 12.1. The van der Waals surface area contributed by atoms with Crippen LogP contribution in [0.2, 0.25) is 25.2 Å². The quantitative estimate of drug-likeness (QED) is 0.0921. The van der Waals surface area contributed by atoms with Gasteiger partial charge in [-0.3, -0.25) is 24.6 Å². The SMILES string of the molecule is CC(=O)N1CCC(=C2c3ccc(Cl)cc3CCc3c(Cl)ccnc32)CC1.CC(=O)N1CCC(=C2c3ccc(Cl)cc3CCc3ccc(Cl)nc32)CC1.CC(=O)N1CCC(=C2c3ccc(Cl)cc3CCc3ccc[n+](O)c32)CC1. The van der Waals surface area contributed by atoms with Crippen molar-refractivity contribution in [2.45, 2.75) is 97.8 Å². The summed E-state index contributed by atoms with van der Waals surface area (Å²) in [6.45, 7) is 9.38. The second-order valence-corrected chi connectivity index (χ2v) is 23.0. The lowest BCUT2D eigenvalue weighted by Gasteiger charge is -2.29. The Balaban J connectivity index is 0.000000132. The normalized spacial score (nSPS) is 16.8. The molecule has 6 aliphatic rings. The van der Waals surface area contributed by atoms with E-state index in [4.69, 9.17) is 68.0 Å². The number of carbonyl (C=O) groups excluding carboxylic acids is 3. The van der Waals surface area contributed by atoms with Crippen LogP contribution in [0, 0.1) is 0 Å². The molecular weight excluding hydrogens is 1080 g/mol. The summed E-state index contributed by atoms with van der Waals surface area (Å²) in [7, 11) is 0. The zero-order valence-electron chi connectivity index (χ0n) is 44.2. The fourth-order valence-corrected chi connectivity index (χ4v) is 13.1. The smallest absolute Gasteiger partial charge is 0.268 e. The van der Waals surface area contributed by atoms with Crippen molar-refractivity contribution in [2.75, 3.05) is 39.3 Å². The number of rotatable bonds is 0. The van der Waals surface area contributed by atoms with E-state index in [0.717, 1.165) is 176 Å². The first-order chi connectivity index (χ1) is 37.6. The molecule has 0 atom stereocenters. The molecule has 3 amide bonds. The van der Waals surface area contributed by atoms with Crippen molar-refractivity contribution in [2.24, 2.45) is 0 Å². The van der Waals surface area contributed by atoms with Crippen LogP contribution in [-0.2, 0) is 52.9 Å². The number of aromatic nitrogens is 3. The van der Waals surface area contributed by atoms with Gasteiger partial charge in [0, 0.05) is 114 Å². The Morgan fingerprint density at radius 1 is 0.474 bits per heavy atom. The number of nitrogens with zero attached hydrogens (tertiary/aromatic N) is 6. The molecule has 12 rings (SSSR count). The highest BCUT2D eigenvalue weighted by Crippen LogP contribution is 2.43. The number of pyridine rings is 3. The van der Waals surface area contributed by atoms with Crippen LogP contribution in [0.25, 0.3) is 16.7 Å². The third kappa shape index (κ3) is 11.9. The number of benzene rings is 3. The number of likely N-dealkylation sites (tertiary alicyclic amines) is 3. The number of halogens is 5. The molecule has 0 bridgehead atoms. The Hall–Kier alpha value is -6.01. The topological polar surface area (TPSA) is 111 Å². The Labute approximate surface area is 481 Å². The lowest BCUT2D eigenvalue weighted by atomic mass is 9.88. The van der Waals surface area contributed by atoms with Gasteiger partial charge in [-0.15, -0.1) is 0 Å². The number of amides is 3. The molecule has 3 aromatic carbocycles. The molecule has 0 saturated carbocycles. The van der Waals surface area contributed by atoms with Crippen molar-refractivity contribution >= 4 is 92.4 Å². The van der Waals surface area contributed by atoms with Crippen molar-refractivity contribution in [1.82, 2.24) is 24.7 Å². The van der Waals surface area contributed by atoms with Gasteiger partial charge in [-0.05, 0) is 176 Å². The van der Waals surface area contributed by atoms with Crippen LogP contribution in [0.4, 0.5) is 0 Å². The maximum Gasteiger partial charge on any atom is 0.268 e. The maximum atomic E-state index is 11.7. The van der Waals surface area contributed by atoms with E-state index < -0.39 is 0 Å². The van der Waals surface area contributed by atoms with Gasteiger partial charge in [0.2, 0.25) is 23.9 Å². The van der Waals surface area contributed by atoms with Crippen LogP contribution in [0.5, 0.6) is 0 Å². The van der Waals surface area contributed by atoms with Crippen molar-refractivity contribution in [3.8, 4) is 0 Å². The van der Waals surface area contributed by atoms with Gasteiger partial charge in [0.05, 0.1) is 17.0 Å². The lowest BCUT2D eigenvalue weighted by molar-refractivity contribution is -0.906. The van der Waals surface area contributed by atoms with Gasteiger partial charge in [-0.25, -0.2) is 4.98 Å². The number of aryl methyl sites for hydroxylation is 5. The van der Waals surface area contributed by atoms with Crippen molar-refractivity contribution in [1.29, 1.82) is 0 Å². The minimum absolute atomic E-state index is 0.125. The molecule has 10 nitrogen and oxygen atoms in total. The van der Waals surface area contributed by atoms with Crippen LogP contribution < -0.4 is 4.73 Å². The molecule has 78 heavy (non-hydrogen) atoms. The summed E-state index contributed by atoms with van der Waals surface area (Å²) in [6.07, 6.45) is 13.9. The second kappa shape index (κ2) is 24.2. The van der Waals surface area contributed by atoms with E-state index in [2.05, 4.69) is 42.5 Å². The summed E-state index contributed by atoms with van der Waals surface area (Å²) < 4.78 is 1.25. The van der Waals surface area contributed by atoms with E-state index in [0.29, 0.717) is 5.15 Å². The van der Waals surface area contributed by atoms with Crippen LogP contribution in [0.1, 0.15) is 126 Å². The average Bonchev–Trinajstić information content (AvgIpc) is 3.83. The first kappa shape index (κ1) is 55.3. The molecule has 3 saturated heterocycles. The molecule has 6 aromatic rings. The molecule has 3 fully saturated rings. The van der Waals surface area contributed by atoms with Crippen LogP contribution in [0.15, 0.2) is 114 Å². The van der Waals surface area contributed by atoms with E-state index in [-0.39, 0.29) is 17.7 Å². The summed E-state index contributed by atoms with van der Waals surface area (Å²) in [5.74, 6) is 0.409. The Morgan fingerprint density at radius 2 is 0.897 bits per heavy atom. The second-order valence-electron chi connectivity index (χ2n) is 20.8. The molecule has 0 spiro atoms. The number of piperidine rings is 3. The number of hydrogen-bond donors (Lipinski definition) is 1. The van der Waals surface area contributed by atoms with Gasteiger partial charge in [-0.2, -0.15) is 0 Å². The Kier molecular flexibility index (Phi) is 17.1. The van der Waals surface area contributed by atoms with Gasteiger partial charge in [0.15, 0.2) is 0 Å². The van der Waals surface area contributed by atoms with Gasteiger partial charge in [-0.1, -0.05) is 99.0 Å². The van der Waals surface area contributed by atoms with Gasteiger partial charge < -0.3 is 14.7 Å². The van der Waals surface area contributed by atoms with Gasteiger partial charge in [0.1, 0.15) is 5.15 Å². The number of fused-ring (bicyclic) bond motifs is 6. The summed E-state index contributed by atoms with van der Waals surface area (Å²) in [5.41, 5.74) is 21.1. The van der Waals surface area contributed by atoms with E-state index >= 15 is 0 Å². The third-order valence-corrected chi connectivity index (χ3v) is 17.5. The Morgan fingerprint density at radius 3 is 1.38 bits per heavy atom. The number of hydrogen-bond acceptors (Lipinski definition) is 6. The summed E-state index contributed by atoms with van der Waals surface area (Å²) in [6, 6.07) is 28.0. The van der Waals surface area contributed by atoms with E-state index in [9.17, 15) is 19.6 Å². The van der Waals surface area contributed by atoms with E-state index in [1.54, 1.807) is 33.2 Å². The zero-order valence-corrected chi connectivity index (χ0v) is 48.0. The minimum atomic E-state index is 0.125. The number of carbonyl (C=O) groups is 3. The van der Waals surface area contributed by atoms with Crippen LogP contribution in [-0.4, -0.2) is 86.9 Å². The first-order valence-corrected chi connectivity index (χ1v) is 28.8. The third-order valence-electron chi connectivity index (χ3n) is 16.2. The highest BCUT2D eigenvalue weighted by molar-refractivity contribution is 6.32. The van der Waals surface area contributed by atoms with E-state index in [1.165, 1.54) is 66.0 Å². The molecule has 0 unspecified atom stereocenters. The maximum absolute atomic E-state index is 11.7. The molecule has 3 aliphatic carbocycles. The summed E-state index contributed by atoms with van der Waals surface area (Å²) in [4.78, 5) is 50.2. The van der Waals surface area contributed by atoms with E-state index in [1.807, 2.05) is 57.2 Å². The Bertz CT molecular complexity index is 3390. The summed E-state index contributed by atoms with van der Waals surface area (Å²) in [5, 5.41) is 14.1. The first-order valence-electron chi connectivity index (χ1n) is 26.9. The monoisotopic (exact) mass is 1140 g/mol.